The molecular formula is C31H35FN2O2S. The number of methoxy groups -OCH3 is 1. The number of fused-ring (bicyclic) bond motifs is 1. The number of hydrogen-bond donors (Lipinski definition) is 1. The molecule has 1 saturated carbocycles. The number of nitrogens with one attached hydrogen (secondary N) is 1. The third-order valence-corrected chi connectivity index (χ3v) is 7.67. The van der Waals surface area contributed by atoms with Crippen LogP contribution < -0.4 is 4.74 Å². The standard InChI is InChI=1S/C31H35FN2O2S/c1-7-19(3)26(21(5)29(35-6)20(4)8-2)18-37-31-33-27-16-15-25(17-28(27)34-31)36-30(22-9-10-22)23-11-13-24(32)14-12-23/h8,11-17H,7,9-10,18H2,1-6H3,(H,33,34)/b20-8-,26-19?,29-21+. The van der Waals surface area contributed by atoms with Gasteiger partial charge in [0.15, 0.2) is 5.16 Å². The van der Waals surface area contributed by atoms with Crippen molar-refractivity contribution >= 4 is 28.6 Å². The average molecular weight is 519 g/mol. The fraction of sp³-hybridized carbons (Fsp3) is 0.323. The second-order valence-electron chi connectivity index (χ2n) is 9.29. The van der Waals surface area contributed by atoms with E-state index in [-0.39, 0.29) is 5.82 Å². The van der Waals surface area contributed by atoms with Crippen LogP contribution in [0.15, 0.2) is 87.3 Å². The van der Waals surface area contributed by atoms with Crippen molar-refractivity contribution in [2.24, 2.45) is 0 Å². The summed E-state index contributed by atoms with van der Waals surface area (Å²) in [5.74, 6) is 3.03. The van der Waals surface area contributed by atoms with E-state index in [2.05, 4.69) is 38.8 Å². The molecule has 1 fully saturated rings. The second-order valence-corrected chi connectivity index (χ2v) is 10.3. The van der Waals surface area contributed by atoms with Crippen molar-refractivity contribution in [1.82, 2.24) is 9.97 Å². The van der Waals surface area contributed by atoms with Crippen molar-refractivity contribution in [1.29, 1.82) is 0 Å². The minimum Gasteiger partial charge on any atom is -0.496 e. The Kier molecular flexibility index (Phi) is 8.59. The predicted octanol–water partition coefficient (Wildman–Crippen LogP) is 8.99. The number of aromatic nitrogens is 2. The molecule has 3 aromatic rings. The zero-order chi connectivity index (χ0) is 26.5. The summed E-state index contributed by atoms with van der Waals surface area (Å²) in [5, 5.41) is 0.863. The van der Waals surface area contributed by atoms with Crippen molar-refractivity contribution < 1.29 is 13.9 Å². The number of thioether (sulfide) groups is 1. The Bertz CT molecular complexity index is 1400. The van der Waals surface area contributed by atoms with Gasteiger partial charge < -0.3 is 14.5 Å². The summed E-state index contributed by atoms with van der Waals surface area (Å²) >= 11 is 1.69. The van der Waals surface area contributed by atoms with Gasteiger partial charge in [0.05, 0.1) is 18.1 Å². The second kappa shape index (κ2) is 11.9. The normalized spacial score (nSPS) is 14.9. The lowest BCUT2D eigenvalue weighted by molar-refractivity contribution is 0.297. The number of H-pyrrole nitrogens is 1. The summed E-state index contributed by atoms with van der Waals surface area (Å²) < 4.78 is 25.5. The molecule has 1 aliphatic carbocycles. The van der Waals surface area contributed by atoms with Gasteiger partial charge in [-0.3, -0.25) is 0 Å². The Hall–Kier alpha value is -3.25. The van der Waals surface area contributed by atoms with Crippen LogP contribution in [0.25, 0.3) is 16.8 Å². The summed E-state index contributed by atoms with van der Waals surface area (Å²) in [6.07, 6.45) is 5.08. The van der Waals surface area contributed by atoms with E-state index in [1.165, 1.54) is 28.9 Å². The quantitative estimate of drug-likeness (QED) is 0.165. The third kappa shape index (κ3) is 6.37. The fourth-order valence-electron chi connectivity index (χ4n) is 4.22. The number of rotatable bonds is 10. The van der Waals surface area contributed by atoms with Gasteiger partial charge in [0.2, 0.25) is 0 Å². The highest BCUT2D eigenvalue weighted by Crippen LogP contribution is 2.38. The van der Waals surface area contributed by atoms with Gasteiger partial charge in [0, 0.05) is 17.4 Å². The minimum absolute atomic E-state index is 0.249. The molecule has 194 valence electrons. The Morgan fingerprint density at radius 2 is 1.84 bits per heavy atom. The van der Waals surface area contributed by atoms with Gasteiger partial charge in [-0.25, -0.2) is 9.37 Å². The number of imidazole rings is 1. The molecule has 0 bridgehead atoms. The van der Waals surface area contributed by atoms with Gasteiger partial charge in [-0.05, 0) is 106 Å². The first-order chi connectivity index (χ1) is 17.8. The first-order valence-electron chi connectivity index (χ1n) is 12.7. The molecule has 1 N–H and O–H groups in total. The summed E-state index contributed by atoms with van der Waals surface area (Å²) in [6.45, 7) is 10.6. The van der Waals surface area contributed by atoms with E-state index in [4.69, 9.17) is 14.5 Å². The molecule has 0 unspecified atom stereocenters. The number of ether oxygens (including phenoxy) is 2. The molecule has 0 aliphatic heterocycles. The number of allylic oxidation sites excluding steroid dienone is 5. The van der Waals surface area contributed by atoms with E-state index in [9.17, 15) is 4.39 Å². The van der Waals surface area contributed by atoms with Crippen LogP contribution in [0.4, 0.5) is 4.39 Å². The summed E-state index contributed by atoms with van der Waals surface area (Å²) in [4.78, 5) is 8.25. The van der Waals surface area contributed by atoms with Gasteiger partial charge in [0.25, 0.3) is 0 Å². The molecule has 1 aromatic heterocycles. The summed E-state index contributed by atoms with van der Waals surface area (Å²) in [5.41, 5.74) is 8.89. The average Bonchev–Trinajstić information content (AvgIpc) is 3.67. The molecule has 0 radical (unpaired) electrons. The van der Waals surface area contributed by atoms with Crippen LogP contribution in [0.5, 0.6) is 5.75 Å². The lowest BCUT2D eigenvalue weighted by atomic mass is 9.98. The van der Waals surface area contributed by atoms with Crippen molar-refractivity contribution in [3.63, 3.8) is 0 Å². The van der Waals surface area contributed by atoms with Crippen LogP contribution in [-0.2, 0) is 4.74 Å². The maximum Gasteiger partial charge on any atom is 0.166 e. The lowest BCUT2D eigenvalue weighted by Crippen LogP contribution is -2.02. The molecule has 4 rings (SSSR count). The Morgan fingerprint density at radius 1 is 1.11 bits per heavy atom. The number of aromatic amines is 1. The van der Waals surface area contributed by atoms with Crippen LogP contribution in [0.2, 0.25) is 0 Å². The van der Waals surface area contributed by atoms with Gasteiger partial charge in [-0.2, -0.15) is 0 Å². The highest BCUT2D eigenvalue weighted by atomic mass is 32.2. The van der Waals surface area contributed by atoms with E-state index in [1.807, 2.05) is 25.1 Å². The first-order valence-corrected chi connectivity index (χ1v) is 13.7. The smallest absolute Gasteiger partial charge is 0.166 e. The van der Waals surface area contributed by atoms with Crippen LogP contribution in [0.1, 0.15) is 59.4 Å². The Balaban J connectivity index is 1.55. The molecule has 0 amide bonds. The molecule has 1 heterocycles. The molecule has 37 heavy (non-hydrogen) atoms. The zero-order valence-corrected chi connectivity index (χ0v) is 23.3. The van der Waals surface area contributed by atoms with E-state index in [1.54, 1.807) is 31.0 Å². The molecule has 0 spiro atoms. The topological polar surface area (TPSA) is 47.1 Å². The molecular weight excluding hydrogens is 483 g/mol. The van der Waals surface area contributed by atoms with E-state index >= 15 is 0 Å². The molecule has 6 heteroatoms. The number of benzene rings is 2. The monoisotopic (exact) mass is 518 g/mol. The number of nitrogens with zero attached hydrogens (tertiary/aromatic N) is 1. The molecule has 1 aliphatic rings. The maximum atomic E-state index is 13.4. The van der Waals surface area contributed by atoms with E-state index < -0.39 is 0 Å². The van der Waals surface area contributed by atoms with Crippen molar-refractivity contribution in [3.05, 3.63) is 93.5 Å². The van der Waals surface area contributed by atoms with Crippen molar-refractivity contribution in [3.8, 4) is 5.75 Å². The molecule has 4 nitrogen and oxygen atoms in total. The summed E-state index contributed by atoms with van der Waals surface area (Å²) in [7, 11) is 1.73. The minimum atomic E-state index is -0.249. The largest absolute Gasteiger partial charge is 0.496 e. The van der Waals surface area contributed by atoms with Crippen LogP contribution in [0.3, 0.4) is 0 Å². The highest BCUT2D eigenvalue weighted by Gasteiger charge is 2.22. The number of halogens is 1. The van der Waals surface area contributed by atoms with Crippen LogP contribution >= 0.6 is 11.8 Å². The highest BCUT2D eigenvalue weighted by molar-refractivity contribution is 7.99. The Morgan fingerprint density at radius 3 is 2.46 bits per heavy atom. The van der Waals surface area contributed by atoms with Crippen molar-refractivity contribution in [2.75, 3.05) is 12.9 Å². The van der Waals surface area contributed by atoms with Crippen LogP contribution in [-0.4, -0.2) is 22.8 Å². The van der Waals surface area contributed by atoms with E-state index in [0.29, 0.717) is 0 Å². The predicted molar refractivity (Wildman–Crippen MR) is 152 cm³/mol. The SMILES string of the molecule is C/C=C(C)\C(OC)=C(\C)C(CSc1nc2ccc(OC(=C3CC3)c3ccc(F)cc3)cc2[nH]1)=C(C)CC. The maximum absolute atomic E-state index is 13.4. The van der Waals surface area contributed by atoms with Gasteiger partial charge in [0.1, 0.15) is 23.1 Å². The lowest BCUT2D eigenvalue weighted by Gasteiger charge is -2.17. The third-order valence-electron chi connectivity index (χ3n) is 6.77. The van der Waals surface area contributed by atoms with Crippen LogP contribution in [0, 0.1) is 5.82 Å². The van der Waals surface area contributed by atoms with E-state index in [0.717, 1.165) is 75.2 Å². The van der Waals surface area contributed by atoms with Crippen molar-refractivity contribution in [2.45, 2.75) is 59.0 Å². The molecule has 2 aromatic carbocycles. The summed E-state index contributed by atoms with van der Waals surface area (Å²) in [6, 6.07) is 12.4. The zero-order valence-electron chi connectivity index (χ0n) is 22.5. The molecule has 0 atom stereocenters. The van der Waals surface area contributed by atoms with Gasteiger partial charge in [-0.15, -0.1) is 0 Å². The fourth-order valence-corrected chi connectivity index (χ4v) is 5.31. The Labute approximate surface area is 223 Å². The molecule has 0 saturated heterocycles. The first kappa shape index (κ1) is 26.8. The van der Waals surface area contributed by atoms with Gasteiger partial charge in [-0.1, -0.05) is 30.3 Å². The number of hydrogen-bond acceptors (Lipinski definition) is 4. The van der Waals surface area contributed by atoms with Gasteiger partial charge >= 0.3 is 0 Å².